The van der Waals surface area contributed by atoms with Crippen molar-refractivity contribution in [2.24, 2.45) is 11.7 Å². The summed E-state index contributed by atoms with van der Waals surface area (Å²) in [5.74, 6) is -0.288. The first kappa shape index (κ1) is 27.5. The maximum atomic E-state index is 14.0. The largest absolute Gasteiger partial charge is 0.330 e. The molecule has 2 N–H and O–H groups in total. The zero-order valence-electron chi connectivity index (χ0n) is 21.8. The van der Waals surface area contributed by atoms with Gasteiger partial charge in [0.1, 0.15) is 11.6 Å². The number of aryl methyl sites for hydroxylation is 1. The van der Waals surface area contributed by atoms with Gasteiger partial charge in [-0.05, 0) is 73.3 Å². The van der Waals surface area contributed by atoms with Gasteiger partial charge < -0.3 is 10.6 Å². The Balaban J connectivity index is 1.94. The van der Waals surface area contributed by atoms with E-state index in [1.54, 1.807) is 40.7 Å². The molecule has 0 aliphatic carbocycles. The minimum atomic E-state index is -0.556. The van der Waals surface area contributed by atoms with Crippen molar-refractivity contribution in [3.8, 4) is 0 Å². The van der Waals surface area contributed by atoms with Gasteiger partial charge in [-0.15, -0.1) is 0 Å². The molecule has 0 fully saturated rings. The van der Waals surface area contributed by atoms with E-state index in [0.29, 0.717) is 58.9 Å². The van der Waals surface area contributed by atoms with Gasteiger partial charge in [0.25, 0.3) is 11.5 Å². The third-order valence-electron chi connectivity index (χ3n) is 6.63. The van der Waals surface area contributed by atoms with Crippen LogP contribution in [0.5, 0.6) is 0 Å². The Labute approximate surface area is 226 Å². The molecule has 3 aromatic carbocycles. The maximum Gasteiger partial charge on any atom is 0.261 e. The molecule has 0 aliphatic rings. The Kier molecular flexibility index (Phi) is 8.59. The second kappa shape index (κ2) is 11.9. The zero-order valence-corrected chi connectivity index (χ0v) is 22.6. The van der Waals surface area contributed by atoms with Gasteiger partial charge in [0.2, 0.25) is 0 Å². The number of hydrogen-bond donors (Lipinski definition) is 1. The molecule has 6 nitrogen and oxygen atoms in total. The minimum Gasteiger partial charge on any atom is -0.330 e. The number of benzene rings is 3. The van der Waals surface area contributed by atoms with Crippen LogP contribution in [0.4, 0.5) is 4.39 Å². The standard InChI is InChI=1S/C30H32ClFN4O2/c1-19(2)27(35(15-7-14-33)29(37)22-10-13-25(32)20(3)16-22)28-34-26-17-23(31)11-12-24(26)30(38)36(28)18-21-8-5-4-6-9-21/h4-6,8-13,16-17,19,27H,7,14-15,18,33H2,1-3H3. The first-order chi connectivity index (χ1) is 18.2. The third-order valence-corrected chi connectivity index (χ3v) is 6.87. The molecule has 198 valence electrons. The Morgan fingerprint density at radius 1 is 1.11 bits per heavy atom. The average molecular weight is 535 g/mol. The van der Waals surface area contributed by atoms with Gasteiger partial charge in [-0.2, -0.15) is 0 Å². The summed E-state index contributed by atoms with van der Waals surface area (Å²) in [6, 6.07) is 18.5. The van der Waals surface area contributed by atoms with E-state index in [9.17, 15) is 14.0 Å². The molecule has 1 heterocycles. The summed E-state index contributed by atoms with van der Waals surface area (Å²) in [7, 11) is 0. The van der Waals surface area contributed by atoms with E-state index in [4.69, 9.17) is 22.3 Å². The molecule has 4 rings (SSSR count). The number of nitrogens with zero attached hydrogens (tertiary/aromatic N) is 3. The SMILES string of the molecule is Cc1cc(C(=O)N(CCCN)C(c2nc3cc(Cl)ccc3c(=O)n2Cc2ccccc2)C(C)C)ccc1F. The van der Waals surface area contributed by atoms with Gasteiger partial charge in [0.05, 0.1) is 23.5 Å². The van der Waals surface area contributed by atoms with Gasteiger partial charge in [0, 0.05) is 17.1 Å². The van der Waals surface area contributed by atoms with Crippen LogP contribution in [0, 0.1) is 18.7 Å². The molecule has 0 bridgehead atoms. The van der Waals surface area contributed by atoms with Crippen LogP contribution in [0.2, 0.25) is 5.02 Å². The Morgan fingerprint density at radius 3 is 2.50 bits per heavy atom. The van der Waals surface area contributed by atoms with Crippen molar-refractivity contribution in [3.05, 3.63) is 110 Å². The van der Waals surface area contributed by atoms with Crippen molar-refractivity contribution in [1.29, 1.82) is 0 Å². The molecule has 1 unspecified atom stereocenters. The quantitative estimate of drug-likeness (QED) is 0.297. The number of hydrogen-bond acceptors (Lipinski definition) is 4. The smallest absolute Gasteiger partial charge is 0.261 e. The van der Waals surface area contributed by atoms with Gasteiger partial charge in [0.15, 0.2) is 0 Å². The highest BCUT2D eigenvalue weighted by molar-refractivity contribution is 6.31. The monoisotopic (exact) mass is 534 g/mol. The van der Waals surface area contributed by atoms with Crippen LogP contribution in [0.15, 0.2) is 71.5 Å². The lowest BCUT2D eigenvalue weighted by molar-refractivity contribution is 0.0602. The number of carbonyl (C=O) groups is 1. The summed E-state index contributed by atoms with van der Waals surface area (Å²) in [5.41, 5.74) is 7.79. The number of fused-ring (bicyclic) bond motifs is 1. The summed E-state index contributed by atoms with van der Waals surface area (Å²) < 4.78 is 15.7. The number of rotatable bonds is 9. The van der Waals surface area contributed by atoms with E-state index >= 15 is 0 Å². The van der Waals surface area contributed by atoms with Crippen LogP contribution in [-0.2, 0) is 6.54 Å². The van der Waals surface area contributed by atoms with Crippen molar-refractivity contribution in [1.82, 2.24) is 14.5 Å². The predicted octanol–water partition coefficient (Wildman–Crippen LogP) is 5.73. The Morgan fingerprint density at radius 2 is 1.84 bits per heavy atom. The van der Waals surface area contributed by atoms with E-state index in [-0.39, 0.29) is 23.2 Å². The van der Waals surface area contributed by atoms with Gasteiger partial charge in [-0.1, -0.05) is 55.8 Å². The van der Waals surface area contributed by atoms with E-state index in [2.05, 4.69) is 0 Å². The predicted molar refractivity (Wildman–Crippen MR) is 150 cm³/mol. The molecular formula is C30H32ClFN4O2. The fourth-order valence-corrected chi connectivity index (χ4v) is 4.89. The lowest BCUT2D eigenvalue weighted by Gasteiger charge is -2.35. The molecule has 8 heteroatoms. The maximum absolute atomic E-state index is 14.0. The van der Waals surface area contributed by atoms with Crippen LogP contribution < -0.4 is 11.3 Å². The second-order valence-electron chi connectivity index (χ2n) is 9.80. The van der Waals surface area contributed by atoms with Crippen molar-refractivity contribution in [3.63, 3.8) is 0 Å². The van der Waals surface area contributed by atoms with E-state index in [1.165, 1.54) is 12.1 Å². The van der Waals surface area contributed by atoms with E-state index in [1.807, 2.05) is 44.2 Å². The molecule has 1 amide bonds. The topological polar surface area (TPSA) is 81.2 Å². The average Bonchev–Trinajstić information content (AvgIpc) is 2.89. The fourth-order valence-electron chi connectivity index (χ4n) is 4.73. The summed E-state index contributed by atoms with van der Waals surface area (Å²) in [6.07, 6.45) is 0.553. The highest BCUT2D eigenvalue weighted by Crippen LogP contribution is 2.31. The van der Waals surface area contributed by atoms with E-state index in [0.717, 1.165) is 5.56 Å². The molecular weight excluding hydrogens is 503 g/mol. The van der Waals surface area contributed by atoms with E-state index < -0.39 is 6.04 Å². The normalized spacial score (nSPS) is 12.2. The molecule has 38 heavy (non-hydrogen) atoms. The number of aromatic nitrogens is 2. The Hall–Kier alpha value is -3.55. The number of nitrogens with two attached hydrogens (primary N) is 1. The lowest BCUT2D eigenvalue weighted by Crippen LogP contribution is -2.42. The summed E-state index contributed by atoms with van der Waals surface area (Å²) in [6.45, 7) is 6.63. The van der Waals surface area contributed by atoms with Crippen LogP contribution in [0.1, 0.15) is 53.6 Å². The first-order valence-electron chi connectivity index (χ1n) is 12.7. The first-order valence-corrected chi connectivity index (χ1v) is 13.1. The highest BCUT2D eigenvalue weighted by Gasteiger charge is 2.33. The number of halogens is 2. The van der Waals surface area contributed by atoms with Gasteiger partial charge >= 0.3 is 0 Å². The van der Waals surface area contributed by atoms with Gasteiger partial charge in [-0.3, -0.25) is 14.2 Å². The molecule has 1 aromatic heterocycles. The lowest BCUT2D eigenvalue weighted by atomic mass is 9.98. The second-order valence-corrected chi connectivity index (χ2v) is 10.2. The number of amides is 1. The van der Waals surface area contributed by atoms with Crippen LogP contribution in [0.25, 0.3) is 10.9 Å². The molecule has 0 radical (unpaired) electrons. The molecule has 0 saturated carbocycles. The zero-order chi connectivity index (χ0) is 27.4. The summed E-state index contributed by atoms with van der Waals surface area (Å²) in [5, 5.41) is 0.917. The summed E-state index contributed by atoms with van der Waals surface area (Å²) >= 11 is 6.27. The van der Waals surface area contributed by atoms with Gasteiger partial charge in [-0.25, -0.2) is 9.37 Å². The third kappa shape index (κ3) is 5.79. The minimum absolute atomic E-state index is 0.108. The van der Waals surface area contributed by atoms with Crippen molar-refractivity contribution in [2.45, 2.75) is 39.8 Å². The Bertz CT molecular complexity index is 1500. The fraction of sp³-hybridized carbons (Fsp3) is 0.300. The molecule has 1 atom stereocenters. The van der Waals surface area contributed by atoms with Crippen molar-refractivity contribution in [2.75, 3.05) is 13.1 Å². The number of carbonyl (C=O) groups excluding carboxylic acids is 1. The molecule has 4 aromatic rings. The molecule has 0 saturated heterocycles. The van der Waals surface area contributed by atoms with Crippen molar-refractivity contribution >= 4 is 28.4 Å². The highest BCUT2D eigenvalue weighted by atomic mass is 35.5. The molecule has 0 aliphatic heterocycles. The summed E-state index contributed by atoms with van der Waals surface area (Å²) in [4.78, 5) is 34.5. The van der Waals surface area contributed by atoms with Crippen molar-refractivity contribution < 1.29 is 9.18 Å². The molecule has 0 spiro atoms. The van der Waals surface area contributed by atoms with Crippen LogP contribution in [-0.4, -0.2) is 33.4 Å². The van der Waals surface area contributed by atoms with Crippen LogP contribution in [0.3, 0.4) is 0 Å². The van der Waals surface area contributed by atoms with Crippen LogP contribution >= 0.6 is 11.6 Å².